The first-order valence-corrected chi connectivity index (χ1v) is 12.9. The van der Waals surface area contributed by atoms with Gasteiger partial charge >= 0.3 is 5.97 Å². The lowest BCUT2D eigenvalue weighted by Crippen LogP contribution is -2.41. The van der Waals surface area contributed by atoms with Crippen LogP contribution in [0.15, 0.2) is 84.9 Å². The predicted octanol–water partition coefficient (Wildman–Crippen LogP) is 6.66. The molecule has 5 nitrogen and oxygen atoms in total. The van der Waals surface area contributed by atoms with Crippen LogP contribution in [0.3, 0.4) is 0 Å². The minimum atomic E-state index is -0.277. The normalized spacial score (nSPS) is 11.8. The number of ether oxygens (including phenoxy) is 3. The van der Waals surface area contributed by atoms with E-state index in [2.05, 4.69) is 29.2 Å². The van der Waals surface area contributed by atoms with Crippen LogP contribution >= 0.6 is 0 Å². The summed E-state index contributed by atoms with van der Waals surface area (Å²) in [6.07, 6.45) is 4.83. The molecule has 0 aliphatic carbocycles. The van der Waals surface area contributed by atoms with E-state index in [4.69, 9.17) is 14.2 Å². The van der Waals surface area contributed by atoms with E-state index < -0.39 is 0 Å². The zero-order valence-corrected chi connectivity index (χ0v) is 21.6. The first kappa shape index (κ1) is 27.3. The van der Waals surface area contributed by atoms with Crippen LogP contribution in [0.25, 0.3) is 0 Å². The Morgan fingerprint density at radius 2 is 1.31 bits per heavy atom. The zero-order chi connectivity index (χ0) is 25.4. The molecule has 3 aromatic rings. The monoisotopic (exact) mass is 489 g/mol. The van der Waals surface area contributed by atoms with Gasteiger partial charge in [-0.25, -0.2) is 0 Å². The van der Waals surface area contributed by atoms with E-state index in [-0.39, 0.29) is 12.0 Å². The minimum Gasteiger partial charge on any atom is -0.497 e. The number of rotatable bonds is 16. The molecule has 0 amide bonds. The maximum absolute atomic E-state index is 13.0. The smallest absolute Gasteiger partial charge is 0.323 e. The standard InChI is InChI=1S/C31H39NO4/c1-3-35-31(33)30(18-12-4-5-13-23-36-29-21-19-28(34-2)20-22-29)32(24-26-14-8-6-9-15-26)25-27-16-10-7-11-17-27/h6-11,14-17,19-22,30H,3-5,12-13,18,23-25H2,1-2H3. The molecule has 0 aliphatic heterocycles. The number of esters is 1. The fraction of sp³-hybridized carbons (Fsp3) is 0.387. The summed E-state index contributed by atoms with van der Waals surface area (Å²) in [4.78, 5) is 15.3. The SMILES string of the molecule is CCOC(=O)C(CCCCCCOc1ccc(OC)cc1)N(Cc1ccccc1)Cc1ccccc1. The summed E-state index contributed by atoms with van der Waals surface area (Å²) in [6, 6.07) is 28.1. The number of hydrogen-bond donors (Lipinski definition) is 0. The van der Waals surface area contributed by atoms with Crippen molar-refractivity contribution in [2.24, 2.45) is 0 Å². The topological polar surface area (TPSA) is 48.0 Å². The lowest BCUT2D eigenvalue weighted by Gasteiger charge is -2.30. The summed E-state index contributed by atoms with van der Waals surface area (Å²) < 4.78 is 16.5. The quantitative estimate of drug-likeness (QED) is 0.166. The summed E-state index contributed by atoms with van der Waals surface area (Å²) >= 11 is 0. The lowest BCUT2D eigenvalue weighted by molar-refractivity contribution is -0.150. The molecule has 0 saturated carbocycles. The zero-order valence-electron chi connectivity index (χ0n) is 21.6. The van der Waals surface area contributed by atoms with Gasteiger partial charge in [0.1, 0.15) is 17.5 Å². The number of carbonyl (C=O) groups is 1. The Morgan fingerprint density at radius 1 is 0.750 bits per heavy atom. The molecule has 192 valence electrons. The van der Waals surface area contributed by atoms with Crippen LogP contribution in [-0.2, 0) is 22.6 Å². The molecular weight excluding hydrogens is 450 g/mol. The Kier molecular flexibility index (Phi) is 11.8. The molecule has 3 rings (SSSR count). The molecule has 0 saturated heterocycles. The summed E-state index contributed by atoms with van der Waals surface area (Å²) in [5.74, 6) is 1.55. The van der Waals surface area contributed by atoms with Gasteiger partial charge in [0.05, 0.1) is 20.3 Å². The van der Waals surface area contributed by atoms with Gasteiger partial charge in [-0.2, -0.15) is 0 Å². The number of carbonyl (C=O) groups excluding carboxylic acids is 1. The molecular formula is C31H39NO4. The Morgan fingerprint density at radius 3 is 1.86 bits per heavy atom. The van der Waals surface area contributed by atoms with E-state index in [0.717, 1.165) is 43.6 Å². The summed E-state index contributed by atoms with van der Waals surface area (Å²) in [7, 11) is 1.66. The average molecular weight is 490 g/mol. The molecule has 0 aromatic heterocycles. The third-order valence-electron chi connectivity index (χ3n) is 6.16. The van der Waals surface area contributed by atoms with Crippen molar-refractivity contribution in [3.63, 3.8) is 0 Å². The Hall–Kier alpha value is -3.31. The second-order valence-electron chi connectivity index (χ2n) is 8.87. The maximum atomic E-state index is 13.0. The van der Waals surface area contributed by atoms with Gasteiger partial charge in [0.25, 0.3) is 0 Å². The van der Waals surface area contributed by atoms with E-state index in [9.17, 15) is 4.79 Å². The van der Waals surface area contributed by atoms with Gasteiger partial charge in [-0.1, -0.05) is 79.9 Å². The van der Waals surface area contributed by atoms with Gasteiger partial charge in [0.15, 0.2) is 0 Å². The van der Waals surface area contributed by atoms with Crippen LogP contribution in [0.2, 0.25) is 0 Å². The molecule has 0 radical (unpaired) electrons. The molecule has 5 heteroatoms. The summed E-state index contributed by atoms with van der Waals surface area (Å²) in [5, 5.41) is 0. The average Bonchev–Trinajstić information content (AvgIpc) is 2.91. The number of unbranched alkanes of at least 4 members (excludes halogenated alkanes) is 3. The molecule has 1 atom stereocenters. The maximum Gasteiger partial charge on any atom is 0.323 e. The lowest BCUT2D eigenvalue weighted by atomic mass is 10.0. The van der Waals surface area contributed by atoms with Gasteiger partial charge in [0, 0.05) is 13.1 Å². The highest BCUT2D eigenvalue weighted by Crippen LogP contribution is 2.20. The molecule has 0 aliphatic rings. The molecule has 1 unspecified atom stereocenters. The number of nitrogens with zero attached hydrogens (tertiary/aromatic N) is 1. The highest BCUT2D eigenvalue weighted by Gasteiger charge is 2.27. The summed E-state index contributed by atoms with van der Waals surface area (Å²) in [6.45, 7) is 4.35. The Labute approximate surface area is 216 Å². The Balaban J connectivity index is 1.53. The van der Waals surface area contributed by atoms with Crippen molar-refractivity contribution in [1.82, 2.24) is 4.90 Å². The van der Waals surface area contributed by atoms with Crippen molar-refractivity contribution in [3.8, 4) is 11.5 Å². The van der Waals surface area contributed by atoms with Crippen LogP contribution in [0, 0.1) is 0 Å². The van der Waals surface area contributed by atoms with Crippen molar-refractivity contribution >= 4 is 5.97 Å². The molecule has 0 fully saturated rings. The van der Waals surface area contributed by atoms with Crippen molar-refractivity contribution < 1.29 is 19.0 Å². The fourth-order valence-electron chi connectivity index (χ4n) is 4.26. The van der Waals surface area contributed by atoms with Gasteiger partial charge in [-0.15, -0.1) is 0 Å². The van der Waals surface area contributed by atoms with Gasteiger partial charge in [-0.05, 0) is 55.2 Å². The minimum absolute atomic E-state index is 0.132. The first-order valence-electron chi connectivity index (χ1n) is 12.9. The van der Waals surface area contributed by atoms with Gasteiger partial charge < -0.3 is 14.2 Å². The number of hydrogen-bond acceptors (Lipinski definition) is 5. The number of methoxy groups -OCH3 is 1. The highest BCUT2D eigenvalue weighted by atomic mass is 16.5. The van der Waals surface area contributed by atoms with E-state index in [0.29, 0.717) is 26.3 Å². The predicted molar refractivity (Wildman–Crippen MR) is 144 cm³/mol. The molecule has 36 heavy (non-hydrogen) atoms. The Bertz CT molecular complexity index is 951. The van der Waals surface area contributed by atoms with E-state index in [1.807, 2.05) is 67.6 Å². The van der Waals surface area contributed by atoms with Crippen LogP contribution < -0.4 is 9.47 Å². The van der Waals surface area contributed by atoms with Crippen LogP contribution in [0.5, 0.6) is 11.5 Å². The fourth-order valence-corrected chi connectivity index (χ4v) is 4.26. The van der Waals surface area contributed by atoms with E-state index in [1.54, 1.807) is 7.11 Å². The highest BCUT2D eigenvalue weighted by molar-refractivity contribution is 5.75. The number of benzene rings is 3. The van der Waals surface area contributed by atoms with E-state index >= 15 is 0 Å². The molecule has 3 aromatic carbocycles. The third kappa shape index (κ3) is 9.38. The largest absolute Gasteiger partial charge is 0.497 e. The van der Waals surface area contributed by atoms with Gasteiger partial charge in [0.2, 0.25) is 0 Å². The van der Waals surface area contributed by atoms with Crippen LogP contribution in [0.4, 0.5) is 0 Å². The molecule has 0 heterocycles. The third-order valence-corrected chi connectivity index (χ3v) is 6.16. The van der Waals surface area contributed by atoms with Crippen LogP contribution in [0.1, 0.15) is 50.2 Å². The molecule has 0 bridgehead atoms. The van der Waals surface area contributed by atoms with Crippen LogP contribution in [-0.4, -0.2) is 37.2 Å². The van der Waals surface area contributed by atoms with Crippen molar-refractivity contribution in [1.29, 1.82) is 0 Å². The second kappa shape index (κ2) is 15.6. The van der Waals surface area contributed by atoms with Crippen molar-refractivity contribution in [3.05, 3.63) is 96.1 Å². The molecule has 0 spiro atoms. The second-order valence-corrected chi connectivity index (χ2v) is 8.87. The summed E-state index contributed by atoms with van der Waals surface area (Å²) in [5.41, 5.74) is 2.39. The van der Waals surface area contributed by atoms with Gasteiger partial charge in [-0.3, -0.25) is 9.69 Å². The van der Waals surface area contributed by atoms with Crippen molar-refractivity contribution in [2.75, 3.05) is 20.3 Å². The first-order chi connectivity index (χ1) is 17.7. The molecule has 0 N–H and O–H groups in total. The van der Waals surface area contributed by atoms with Crippen molar-refractivity contribution in [2.45, 2.75) is 58.2 Å². The van der Waals surface area contributed by atoms with E-state index in [1.165, 1.54) is 11.1 Å².